The minimum atomic E-state index is 0. The van der Waals surface area contributed by atoms with Gasteiger partial charge in [0.1, 0.15) is 0 Å². The van der Waals surface area contributed by atoms with Gasteiger partial charge in [0, 0.05) is 19.6 Å². The maximum absolute atomic E-state index is 3.68. The molecule has 0 fully saturated rings. The maximum atomic E-state index is 3.68. The average Bonchev–Trinajstić information content (AvgIpc) is 2.23. The number of halogens is 3. The van der Waals surface area contributed by atoms with E-state index in [0.29, 0.717) is 0 Å². The van der Waals surface area contributed by atoms with Crippen molar-refractivity contribution in [2.24, 2.45) is 0 Å². The molecule has 3 N–H and O–H groups in total. The lowest BCUT2D eigenvalue weighted by Crippen LogP contribution is -1.93. The molecule has 0 saturated carbocycles. The lowest BCUT2D eigenvalue weighted by atomic mass is 10.7. The summed E-state index contributed by atoms with van der Waals surface area (Å²) in [5, 5.41) is 0. The van der Waals surface area contributed by atoms with Crippen LogP contribution in [0.15, 0.2) is 38.0 Å². The minimum absolute atomic E-state index is 0. The molecule has 9 heteroatoms. The minimum Gasteiger partial charge on any atom is -0.269 e. The average molecular weight is 328 g/mol. The van der Waals surface area contributed by atoms with Gasteiger partial charge in [0.25, 0.3) is 0 Å². The lowest BCUT2D eigenvalue weighted by molar-refractivity contribution is 1.11. The van der Waals surface area contributed by atoms with Crippen molar-refractivity contribution < 1.29 is 14.1 Å². The quantitative estimate of drug-likeness (QED) is 0.335. The van der Waals surface area contributed by atoms with Crippen LogP contribution in [0.2, 0.25) is 0 Å². The van der Waals surface area contributed by atoms with Crippen molar-refractivity contribution in [2.45, 2.75) is 0 Å². The molecule has 0 amide bonds. The van der Waals surface area contributed by atoms with Crippen LogP contribution in [0, 0.1) is 0 Å². The molecule has 3 nitrogen and oxygen atoms in total. The first-order valence-electron chi connectivity index (χ1n) is 4.18. The molecule has 0 aromatic heterocycles. The van der Waals surface area contributed by atoms with E-state index in [1.54, 1.807) is 18.2 Å². The summed E-state index contributed by atoms with van der Waals surface area (Å²) < 4.78 is 7.78. The van der Waals surface area contributed by atoms with Gasteiger partial charge >= 0.3 is 0 Å². The Morgan fingerprint density at radius 3 is 0.778 bits per heavy atom. The molecule has 0 bridgehead atoms. The zero-order valence-corrected chi connectivity index (χ0v) is 12.7. The third kappa shape index (κ3) is 101. The largest absolute Gasteiger partial charge is 0.269 e. The SMILES string of the molecule is C=CCNS.C=CCNS.C=CCNS.F.F.F. The predicted octanol–water partition coefficient (Wildman–Crippen LogP) is 2.28. The summed E-state index contributed by atoms with van der Waals surface area (Å²) in [6.45, 7) is 12.6. The van der Waals surface area contributed by atoms with Crippen LogP contribution in [0.1, 0.15) is 0 Å². The Balaban J connectivity index is -0.0000000277. The van der Waals surface area contributed by atoms with Gasteiger partial charge in [0.2, 0.25) is 0 Å². The lowest BCUT2D eigenvalue weighted by Gasteiger charge is -1.78. The molecule has 0 rings (SSSR count). The van der Waals surface area contributed by atoms with Gasteiger partial charge in [0.15, 0.2) is 0 Å². The summed E-state index contributed by atoms with van der Waals surface area (Å²) in [5.41, 5.74) is 0. The van der Waals surface area contributed by atoms with Gasteiger partial charge in [0.05, 0.1) is 0 Å². The fourth-order valence-electron chi connectivity index (χ4n) is 0.194. The Bertz CT molecular complexity index is 120. The first-order chi connectivity index (χ1) is 7.24. The van der Waals surface area contributed by atoms with Crippen molar-refractivity contribution in [3.63, 3.8) is 0 Å². The highest BCUT2D eigenvalue weighted by atomic mass is 32.1. The molecule has 18 heavy (non-hydrogen) atoms. The molecular weight excluding hydrogens is 303 g/mol. The van der Waals surface area contributed by atoms with Gasteiger partial charge < -0.3 is 0 Å². The molecule has 0 heterocycles. The molecule has 0 radical (unpaired) electrons. The molecule has 0 aliphatic rings. The molecule has 0 aliphatic heterocycles. The molecule has 0 aliphatic carbocycles. The summed E-state index contributed by atoms with van der Waals surface area (Å²) in [6, 6.07) is 0. The topological polar surface area (TPSA) is 36.1 Å². The standard InChI is InChI=1S/3C3H7NS.3FH/c3*1-2-3-4-5;;;/h3*2,4-5H,1,3H2;3*1H. The highest BCUT2D eigenvalue weighted by molar-refractivity contribution is 7.78. The van der Waals surface area contributed by atoms with Crippen molar-refractivity contribution in [3.05, 3.63) is 38.0 Å². The molecule has 0 saturated heterocycles. The van der Waals surface area contributed by atoms with Crippen LogP contribution in [-0.4, -0.2) is 19.6 Å². The van der Waals surface area contributed by atoms with Crippen molar-refractivity contribution in [1.82, 2.24) is 14.2 Å². The highest BCUT2D eigenvalue weighted by Gasteiger charge is 1.58. The van der Waals surface area contributed by atoms with Gasteiger partial charge in [-0.2, -0.15) is 0 Å². The van der Waals surface area contributed by atoms with Crippen LogP contribution in [0.5, 0.6) is 0 Å². The summed E-state index contributed by atoms with van der Waals surface area (Å²) in [7, 11) is 0. The Hall–Kier alpha value is -0.0600. The maximum Gasteiger partial charge on any atom is 0.0234 e. The first kappa shape index (κ1) is 36.1. The van der Waals surface area contributed by atoms with Crippen LogP contribution in [0.25, 0.3) is 0 Å². The number of rotatable bonds is 6. The van der Waals surface area contributed by atoms with Gasteiger partial charge in [-0.1, -0.05) is 56.7 Å². The molecule has 0 atom stereocenters. The fraction of sp³-hybridized carbons (Fsp3) is 0.333. The van der Waals surface area contributed by atoms with E-state index in [4.69, 9.17) is 0 Å². The molecular formula is C9H24F3N3S3. The zero-order valence-electron chi connectivity index (χ0n) is 10.0. The normalized spacial score (nSPS) is 6.17. The Morgan fingerprint density at radius 2 is 0.778 bits per heavy atom. The fourth-order valence-corrected chi connectivity index (χ4v) is 0.581. The van der Waals surface area contributed by atoms with Crippen molar-refractivity contribution >= 4 is 38.4 Å². The second kappa shape index (κ2) is 53.9. The molecule has 0 aromatic rings. The monoisotopic (exact) mass is 327 g/mol. The number of nitrogens with one attached hydrogen (secondary N) is 3. The zero-order chi connectivity index (χ0) is 12.4. The third-order valence-electron chi connectivity index (χ3n) is 0.707. The molecule has 0 spiro atoms. The Kier molecular flexibility index (Phi) is 108. The summed E-state index contributed by atoms with van der Waals surface area (Å²) in [4.78, 5) is 0. The van der Waals surface area contributed by atoms with Gasteiger partial charge in [-0.3, -0.25) is 28.3 Å². The van der Waals surface area contributed by atoms with Crippen LogP contribution < -0.4 is 14.2 Å². The summed E-state index contributed by atoms with van der Waals surface area (Å²) in [6.07, 6.45) is 5.23. The highest BCUT2D eigenvalue weighted by Crippen LogP contribution is 1.58. The van der Waals surface area contributed by atoms with E-state index in [0.717, 1.165) is 19.6 Å². The van der Waals surface area contributed by atoms with E-state index in [1.807, 2.05) is 0 Å². The van der Waals surface area contributed by atoms with E-state index in [-0.39, 0.29) is 14.1 Å². The van der Waals surface area contributed by atoms with Crippen molar-refractivity contribution in [2.75, 3.05) is 19.6 Å². The summed E-state index contributed by atoms with van der Waals surface area (Å²) >= 11 is 11.0. The van der Waals surface area contributed by atoms with E-state index in [1.165, 1.54) is 0 Å². The Morgan fingerprint density at radius 1 is 0.611 bits per heavy atom. The van der Waals surface area contributed by atoms with Gasteiger partial charge in [-0.25, -0.2) is 0 Å². The van der Waals surface area contributed by atoms with Gasteiger partial charge in [-0.05, 0) is 0 Å². The second-order valence-electron chi connectivity index (χ2n) is 1.95. The number of hydrogen-bond acceptors (Lipinski definition) is 6. The third-order valence-corrected chi connectivity index (χ3v) is 1.25. The predicted molar refractivity (Wildman–Crippen MR) is 89.1 cm³/mol. The number of hydrogen-bond donors (Lipinski definition) is 6. The first-order valence-corrected chi connectivity index (χ1v) is 5.52. The van der Waals surface area contributed by atoms with E-state index < -0.39 is 0 Å². The van der Waals surface area contributed by atoms with Crippen molar-refractivity contribution in [1.29, 1.82) is 0 Å². The smallest absolute Gasteiger partial charge is 0.0234 e. The second-order valence-corrected chi connectivity index (χ2v) is 2.90. The Labute approximate surface area is 124 Å². The molecule has 0 unspecified atom stereocenters. The van der Waals surface area contributed by atoms with Gasteiger partial charge in [-0.15, -0.1) is 19.7 Å². The summed E-state index contributed by atoms with van der Waals surface area (Å²) in [5.74, 6) is 0. The molecule has 114 valence electrons. The van der Waals surface area contributed by atoms with Crippen molar-refractivity contribution in [3.8, 4) is 0 Å². The number of thiol groups is 3. The van der Waals surface area contributed by atoms with Crippen LogP contribution in [0.3, 0.4) is 0 Å². The van der Waals surface area contributed by atoms with Crippen LogP contribution in [0.4, 0.5) is 14.1 Å². The van der Waals surface area contributed by atoms with E-state index in [2.05, 4.69) is 72.3 Å². The van der Waals surface area contributed by atoms with E-state index >= 15 is 0 Å². The molecule has 0 aromatic carbocycles. The van der Waals surface area contributed by atoms with E-state index in [9.17, 15) is 0 Å². The van der Waals surface area contributed by atoms with Crippen LogP contribution >= 0.6 is 38.4 Å². The van der Waals surface area contributed by atoms with Crippen LogP contribution in [-0.2, 0) is 0 Å².